The summed E-state index contributed by atoms with van der Waals surface area (Å²) in [4.78, 5) is 21.6. The molecule has 0 radical (unpaired) electrons. The van der Waals surface area contributed by atoms with Crippen LogP contribution in [0.2, 0.25) is 0 Å². The van der Waals surface area contributed by atoms with Gasteiger partial charge in [0.2, 0.25) is 5.91 Å². The first kappa shape index (κ1) is 24.1. The summed E-state index contributed by atoms with van der Waals surface area (Å²) in [6.07, 6.45) is 2.79. The third kappa shape index (κ3) is 4.73. The number of methoxy groups -OCH3 is 1. The fraction of sp³-hybridized carbons (Fsp3) is 0.333. The second-order valence-corrected chi connectivity index (χ2v) is 9.61. The molecule has 5 rings (SSSR count). The summed E-state index contributed by atoms with van der Waals surface area (Å²) in [5.41, 5.74) is 9.02. The maximum absolute atomic E-state index is 12.2. The molecular weight excluding hydrogens is 448 g/mol. The molecule has 1 amide bonds. The Morgan fingerprint density at radius 2 is 1.78 bits per heavy atom. The lowest BCUT2D eigenvalue weighted by Gasteiger charge is -2.34. The van der Waals surface area contributed by atoms with Crippen molar-refractivity contribution < 1.29 is 9.53 Å². The summed E-state index contributed by atoms with van der Waals surface area (Å²) in [5, 5.41) is 0. The van der Waals surface area contributed by atoms with Crippen LogP contribution in [0.5, 0.6) is 5.75 Å². The third-order valence-corrected chi connectivity index (χ3v) is 7.17. The van der Waals surface area contributed by atoms with Gasteiger partial charge < -0.3 is 14.0 Å². The Hall–Kier alpha value is -3.64. The van der Waals surface area contributed by atoms with Crippen molar-refractivity contribution in [1.82, 2.24) is 19.2 Å². The molecule has 186 valence electrons. The van der Waals surface area contributed by atoms with E-state index in [9.17, 15) is 4.79 Å². The molecular formula is C30H34N4O2. The first-order valence-corrected chi connectivity index (χ1v) is 12.7. The van der Waals surface area contributed by atoms with Crippen LogP contribution in [0.3, 0.4) is 0 Å². The van der Waals surface area contributed by atoms with E-state index in [1.807, 2.05) is 24.0 Å². The molecule has 2 aromatic heterocycles. The molecule has 3 heterocycles. The number of pyridine rings is 1. The lowest BCUT2D eigenvalue weighted by atomic mass is 10.00. The highest BCUT2D eigenvalue weighted by molar-refractivity contribution is 5.76. The van der Waals surface area contributed by atoms with E-state index in [0.717, 1.165) is 61.1 Å². The number of hydrogen-bond acceptors (Lipinski definition) is 4. The SMILES string of the molecule is CCC(=O)N1CCN(Cc2c(-c3cccc(OC)c3)nc3ccc(-c4cc(C)ccc4C)cn23)CC1. The molecule has 0 aliphatic carbocycles. The standard InChI is InChI=1S/C30H34N4O2/c1-5-29(35)33-15-13-32(14-16-33)20-27-30(23-7-6-8-25(18-23)36-4)31-28-12-11-24(19-34(27)28)26-17-21(2)9-10-22(26)3/h6-12,17-19H,5,13-16,20H2,1-4H3. The monoisotopic (exact) mass is 482 g/mol. The highest BCUT2D eigenvalue weighted by atomic mass is 16.5. The van der Waals surface area contributed by atoms with E-state index < -0.39 is 0 Å². The predicted molar refractivity (Wildman–Crippen MR) is 144 cm³/mol. The predicted octanol–water partition coefficient (Wildman–Crippen LogP) is 5.35. The second kappa shape index (κ2) is 10.2. The van der Waals surface area contributed by atoms with Crippen LogP contribution in [-0.4, -0.2) is 58.4 Å². The summed E-state index contributed by atoms with van der Waals surface area (Å²) in [6, 6.07) is 19.0. The lowest BCUT2D eigenvalue weighted by Crippen LogP contribution is -2.48. The van der Waals surface area contributed by atoms with Gasteiger partial charge in [-0.2, -0.15) is 0 Å². The summed E-state index contributed by atoms with van der Waals surface area (Å²) >= 11 is 0. The van der Waals surface area contributed by atoms with E-state index in [4.69, 9.17) is 9.72 Å². The largest absolute Gasteiger partial charge is 0.497 e. The molecule has 1 fully saturated rings. The van der Waals surface area contributed by atoms with E-state index >= 15 is 0 Å². The molecule has 1 aliphatic rings. The average Bonchev–Trinajstić information content (AvgIpc) is 3.27. The van der Waals surface area contributed by atoms with Gasteiger partial charge in [-0.25, -0.2) is 4.98 Å². The minimum absolute atomic E-state index is 0.236. The van der Waals surface area contributed by atoms with E-state index in [2.05, 4.69) is 71.8 Å². The van der Waals surface area contributed by atoms with Crippen LogP contribution in [0, 0.1) is 13.8 Å². The Balaban J connectivity index is 1.57. The second-order valence-electron chi connectivity index (χ2n) is 9.61. The van der Waals surface area contributed by atoms with Crippen molar-refractivity contribution in [1.29, 1.82) is 0 Å². The van der Waals surface area contributed by atoms with Gasteiger partial charge in [-0.1, -0.05) is 42.8 Å². The van der Waals surface area contributed by atoms with Crippen LogP contribution >= 0.6 is 0 Å². The minimum atomic E-state index is 0.236. The molecule has 0 spiro atoms. The number of nitrogens with zero attached hydrogens (tertiary/aromatic N) is 4. The van der Waals surface area contributed by atoms with Gasteiger partial charge in [-0.05, 0) is 54.8 Å². The zero-order chi connectivity index (χ0) is 25.2. The Morgan fingerprint density at radius 3 is 2.53 bits per heavy atom. The average molecular weight is 483 g/mol. The number of carbonyl (C=O) groups excluding carboxylic acids is 1. The Morgan fingerprint density at radius 1 is 0.972 bits per heavy atom. The van der Waals surface area contributed by atoms with Gasteiger partial charge in [-0.15, -0.1) is 0 Å². The molecule has 0 N–H and O–H groups in total. The fourth-order valence-corrected chi connectivity index (χ4v) is 5.04. The van der Waals surface area contributed by atoms with Crippen molar-refractivity contribution in [2.45, 2.75) is 33.7 Å². The van der Waals surface area contributed by atoms with Crippen molar-refractivity contribution in [3.8, 4) is 28.1 Å². The number of aromatic nitrogens is 2. The van der Waals surface area contributed by atoms with Crippen molar-refractivity contribution in [3.63, 3.8) is 0 Å². The van der Waals surface area contributed by atoms with Crippen LogP contribution in [0.1, 0.15) is 30.2 Å². The number of ether oxygens (including phenoxy) is 1. The van der Waals surface area contributed by atoms with E-state index in [1.165, 1.54) is 22.3 Å². The van der Waals surface area contributed by atoms with Gasteiger partial charge in [-0.3, -0.25) is 9.69 Å². The summed E-state index contributed by atoms with van der Waals surface area (Å²) in [5.74, 6) is 1.05. The van der Waals surface area contributed by atoms with Crippen LogP contribution in [0.15, 0.2) is 60.8 Å². The molecule has 1 aliphatic heterocycles. The zero-order valence-corrected chi connectivity index (χ0v) is 21.6. The number of aryl methyl sites for hydroxylation is 2. The minimum Gasteiger partial charge on any atom is -0.497 e. The van der Waals surface area contributed by atoms with Crippen molar-refractivity contribution in [3.05, 3.63) is 77.6 Å². The summed E-state index contributed by atoms with van der Waals surface area (Å²) < 4.78 is 7.75. The Labute approximate surface area is 213 Å². The highest BCUT2D eigenvalue weighted by Gasteiger charge is 2.23. The molecule has 2 aromatic carbocycles. The van der Waals surface area contributed by atoms with E-state index in [0.29, 0.717) is 6.42 Å². The van der Waals surface area contributed by atoms with E-state index in [1.54, 1.807) is 7.11 Å². The highest BCUT2D eigenvalue weighted by Crippen LogP contribution is 2.31. The maximum atomic E-state index is 12.2. The number of amides is 1. The first-order valence-electron chi connectivity index (χ1n) is 12.7. The molecule has 6 nitrogen and oxygen atoms in total. The smallest absolute Gasteiger partial charge is 0.222 e. The number of rotatable bonds is 6. The molecule has 0 atom stereocenters. The fourth-order valence-electron chi connectivity index (χ4n) is 5.04. The summed E-state index contributed by atoms with van der Waals surface area (Å²) in [7, 11) is 1.69. The Bertz CT molecular complexity index is 1400. The van der Waals surface area contributed by atoms with Gasteiger partial charge in [0, 0.05) is 50.9 Å². The van der Waals surface area contributed by atoms with Crippen molar-refractivity contribution >= 4 is 11.6 Å². The Kier molecular flexibility index (Phi) is 6.79. The molecule has 0 unspecified atom stereocenters. The van der Waals surface area contributed by atoms with Gasteiger partial charge in [0.05, 0.1) is 18.5 Å². The van der Waals surface area contributed by atoms with Crippen LogP contribution < -0.4 is 4.74 Å². The molecule has 4 aromatic rings. The third-order valence-electron chi connectivity index (χ3n) is 7.17. The molecule has 0 bridgehead atoms. The van der Waals surface area contributed by atoms with Crippen LogP contribution in [0.25, 0.3) is 28.0 Å². The lowest BCUT2D eigenvalue weighted by molar-refractivity contribution is -0.132. The molecule has 1 saturated heterocycles. The van der Waals surface area contributed by atoms with Crippen molar-refractivity contribution in [2.24, 2.45) is 0 Å². The van der Waals surface area contributed by atoms with Gasteiger partial charge in [0.15, 0.2) is 0 Å². The zero-order valence-electron chi connectivity index (χ0n) is 21.6. The number of imidazole rings is 1. The van der Waals surface area contributed by atoms with Crippen molar-refractivity contribution in [2.75, 3.05) is 33.3 Å². The van der Waals surface area contributed by atoms with Gasteiger partial charge >= 0.3 is 0 Å². The van der Waals surface area contributed by atoms with Crippen LogP contribution in [0.4, 0.5) is 0 Å². The number of fused-ring (bicyclic) bond motifs is 1. The first-order chi connectivity index (χ1) is 17.5. The van der Waals surface area contributed by atoms with Gasteiger partial charge in [0.1, 0.15) is 11.4 Å². The number of hydrogen-bond donors (Lipinski definition) is 0. The molecule has 36 heavy (non-hydrogen) atoms. The van der Waals surface area contributed by atoms with Crippen LogP contribution in [-0.2, 0) is 11.3 Å². The molecule has 0 saturated carbocycles. The molecule has 6 heteroatoms. The number of piperazine rings is 1. The number of benzene rings is 2. The quantitative estimate of drug-likeness (QED) is 0.372. The number of carbonyl (C=O) groups is 1. The maximum Gasteiger partial charge on any atom is 0.222 e. The topological polar surface area (TPSA) is 50.1 Å². The summed E-state index contributed by atoms with van der Waals surface area (Å²) in [6.45, 7) is 10.2. The normalized spacial score (nSPS) is 14.4. The van der Waals surface area contributed by atoms with E-state index in [-0.39, 0.29) is 5.91 Å². The van der Waals surface area contributed by atoms with Gasteiger partial charge in [0.25, 0.3) is 0 Å².